The predicted molar refractivity (Wildman–Crippen MR) is 204 cm³/mol. The molecular formula is C44H32BNO3. The van der Waals surface area contributed by atoms with Crippen LogP contribution < -0.4 is 5.46 Å². The summed E-state index contributed by atoms with van der Waals surface area (Å²) in [7, 11) is -1.59. The van der Waals surface area contributed by atoms with Crippen molar-refractivity contribution in [2.24, 2.45) is 0 Å². The van der Waals surface area contributed by atoms with Crippen molar-refractivity contribution in [3.63, 3.8) is 0 Å². The Balaban J connectivity index is 1.16. The maximum absolute atomic E-state index is 10.1. The maximum Gasteiger partial charge on any atom is 0.489 e. The molecule has 0 spiro atoms. The second kappa shape index (κ2) is 11.4. The van der Waals surface area contributed by atoms with Crippen LogP contribution in [0, 0.1) is 13.8 Å². The molecule has 0 saturated heterocycles. The lowest BCUT2D eigenvalue weighted by molar-refractivity contribution is 0.426. The fourth-order valence-electron chi connectivity index (χ4n) is 7.44. The normalized spacial score (nSPS) is 11.7. The van der Waals surface area contributed by atoms with Crippen molar-refractivity contribution in [2.75, 3.05) is 0 Å². The minimum absolute atomic E-state index is 0.438. The molecule has 2 N–H and O–H groups in total. The Hall–Kier alpha value is -5.88. The first kappa shape index (κ1) is 29.3. The second-order valence-electron chi connectivity index (χ2n) is 12.9. The van der Waals surface area contributed by atoms with Crippen molar-refractivity contribution in [2.45, 2.75) is 13.8 Å². The monoisotopic (exact) mass is 633 g/mol. The summed E-state index contributed by atoms with van der Waals surface area (Å²) in [6, 6.07) is 50.9. The Morgan fingerprint density at radius 3 is 1.80 bits per heavy atom. The quantitative estimate of drug-likeness (QED) is 0.186. The molecule has 7 aromatic carbocycles. The van der Waals surface area contributed by atoms with E-state index in [0.717, 1.165) is 27.6 Å². The van der Waals surface area contributed by atoms with Gasteiger partial charge in [0.05, 0.1) is 11.0 Å². The van der Waals surface area contributed by atoms with Crippen LogP contribution in [0.15, 0.2) is 150 Å². The summed E-state index contributed by atoms with van der Waals surface area (Å²) in [5.41, 5.74) is 14.6. The fraction of sp³-hybridized carbons (Fsp3) is 0.0455. The molecule has 0 saturated carbocycles. The van der Waals surface area contributed by atoms with E-state index in [1.165, 1.54) is 55.2 Å². The van der Waals surface area contributed by atoms with E-state index in [-0.39, 0.29) is 0 Å². The number of aryl methyl sites for hydroxylation is 2. The maximum atomic E-state index is 10.1. The minimum Gasteiger partial charge on any atom is -0.456 e. The summed E-state index contributed by atoms with van der Waals surface area (Å²) in [6.45, 7) is 4.34. The molecule has 4 nitrogen and oxygen atoms in total. The first-order valence-corrected chi connectivity index (χ1v) is 16.6. The lowest BCUT2D eigenvalue weighted by Gasteiger charge is -2.14. The number of aromatic nitrogens is 1. The molecule has 2 heterocycles. The van der Waals surface area contributed by atoms with Gasteiger partial charge in [-0.1, -0.05) is 84.9 Å². The van der Waals surface area contributed by atoms with Crippen LogP contribution in [0.5, 0.6) is 0 Å². The van der Waals surface area contributed by atoms with Gasteiger partial charge in [-0.05, 0) is 124 Å². The van der Waals surface area contributed by atoms with Gasteiger partial charge < -0.3 is 19.0 Å². The summed E-state index contributed by atoms with van der Waals surface area (Å²) < 4.78 is 8.42. The van der Waals surface area contributed by atoms with Gasteiger partial charge in [-0.2, -0.15) is 0 Å². The Bertz CT molecular complexity index is 2720. The molecule has 2 aromatic heterocycles. The molecule has 0 bridgehead atoms. The van der Waals surface area contributed by atoms with E-state index in [0.29, 0.717) is 16.6 Å². The molecule has 0 amide bonds. The highest BCUT2D eigenvalue weighted by atomic mass is 16.4. The zero-order valence-electron chi connectivity index (χ0n) is 27.2. The summed E-state index contributed by atoms with van der Waals surface area (Å²) in [4.78, 5) is 0. The lowest BCUT2D eigenvalue weighted by atomic mass is 9.77. The zero-order valence-corrected chi connectivity index (χ0v) is 27.2. The van der Waals surface area contributed by atoms with E-state index in [1.54, 1.807) is 12.1 Å². The molecule has 9 rings (SSSR count). The predicted octanol–water partition coefficient (Wildman–Crippen LogP) is 9.98. The molecule has 0 radical (unpaired) electrons. The van der Waals surface area contributed by atoms with Gasteiger partial charge in [-0.3, -0.25) is 0 Å². The van der Waals surface area contributed by atoms with Gasteiger partial charge in [0.1, 0.15) is 11.2 Å². The van der Waals surface area contributed by atoms with Crippen LogP contribution in [-0.4, -0.2) is 21.7 Å². The molecule has 234 valence electrons. The number of rotatable bonds is 5. The van der Waals surface area contributed by atoms with Crippen LogP contribution in [0.2, 0.25) is 0 Å². The highest BCUT2D eigenvalue weighted by Crippen LogP contribution is 2.39. The molecule has 0 atom stereocenters. The van der Waals surface area contributed by atoms with E-state index in [4.69, 9.17) is 4.42 Å². The highest BCUT2D eigenvalue weighted by Gasteiger charge is 2.20. The molecule has 0 unspecified atom stereocenters. The van der Waals surface area contributed by atoms with Crippen molar-refractivity contribution < 1.29 is 14.5 Å². The number of hydrogen-bond acceptors (Lipinski definition) is 3. The van der Waals surface area contributed by atoms with Crippen molar-refractivity contribution in [3.05, 3.63) is 157 Å². The Labute approximate surface area is 284 Å². The Kier molecular flexibility index (Phi) is 6.80. The third-order valence-electron chi connectivity index (χ3n) is 9.92. The smallest absolute Gasteiger partial charge is 0.456 e. The van der Waals surface area contributed by atoms with Crippen LogP contribution in [0.1, 0.15) is 11.1 Å². The summed E-state index contributed by atoms with van der Waals surface area (Å²) in [5, 5.41) is 24.2. The number of nitrogens with zero attached hydrogens (tertiary/aromatic N) is 1. The number of furan rings is 1. The zero-order chi connectivity index (χ0) is 33.2. The van der Waals surface area contributed by atoms with Gasteiger partial charge >= 0.3 is 7.12 Å². The molecule has 5 heteroatoms. The summed E-state index contributed by atoms with van der Waals surface area (Å²) in [6.07, 6.45) is 0. The van der Waals surface area contributed by atoms with E-state index in [1.807, 2.05) is 12.1 Å². The van der Waals surface area contributed by atoms with Crippen LogP contribution in [-0.2, 0) is 0 Å². The molecular weight excluding hydrogens is 601 g/mol. The minimum atomic E-state index is -1.59. The SMILES string of the molecule is Cc1ccc(-c2ccc3oc4cccc(B(O)O)c4c3c2)cc1-c1cc(-c2ccc3c(c2)c2ccccc2n3-c2ccccc2)ccc1C. The van der Waals surface area contributed by atoms with E-state index in [9.17, 15) is 10.0 Å². The fourth-order valence-corrected chi connectivity index (χ4v) is 7.44. The lowest BCUT2D eigenvalue weighted by Crippen LogP contribution is -2.30. The third-order valence-corrected chi connectivity index (χ3v) is 9.92. The first-order valence-electron chi connectivity index (χ1n) is 16.6. The molecule has 0 fully saturated rings. The van der Waals surface area contributed by atoms with Crippen molar-refractivity contribution in [1.82, 2.24) is 4.57 Å². The number of hydrogen-bond donors (Lipinski definition) is 2. The Morgan fingerprint density at radius 1 is 0.490 bits per heavy atom. The molecule has 49 heavy (non-hydrogen) atoms. The highest BCUT2D eigenvalue weighted by molar-refractivity contribution is 6.62. The van der Waals surface area contributed by atoms with Crippen LogP contribution in [0.4, 0.5) is 0 Å². The summed E-state index contributed by atoms with van der Waals surface area (Å²) in [5.74, 6) is 0. The number of benzene rings is 7. The standard InChI is InChI=1S/C44H32BNO3/c1-27-15-17-29(31-19-21-41-37(25-31)34-11-6-7-13-40(34)46(41)33-9-4-3-5-10-33)23-35(27)36-24-30(18-16-28(36)2)32-20-22-42-38(26-32)44-39(45(47)48)12-8-14-43(44)49-42/h3-26,47-48H,1-2H3. The average molecular weight is 634 g/mol. The number of para-hydroxylation sites is 2. The van der Waals surface area contributed by atoms with Gasteiger partial charge in [0.15, 0.2) is 0 Å². The van der Waals surface area contributed by atoms with E-state index < -0.39 is 7.12 Å². The van der Waals surface area contributed by atoms with E-state index >= 15 is 0 Å². The van der Waals surface area contributed by atoms with Gasteiger partial charge in [0.2, 0.25) is 0 Å². The van der Waals surface area contributed by atoms with Crippen molar-refractivity contribution in [3.8, 4) is 39.1 Å². The van der Waals surface area contributed by atoms with Crippen LogP contribution >= 0.6 is 0 Å². The van der Waals surface area contributed by atoms with Gasteiger partial charge in [-0.25, -0.2) is 0 Å². The van der Waals surface area contributed by atoms with E-state index in [2.05, 4.69) is 140 Å². The largest absolute Gasteiger partial charge is 0.489 e. The van der Waals surface area contributed by atoms with Crippen LogP contribution in [0.25, 0.3) is 82.8 Å². The average Bonchev–Trinajstić information content (AvgIpc) is 3.67. The topological polar surface area (TPSA) is 58.5 Å². The van der Waals surface area contributed by atoms with Crippen molar-refractivity contribution >= 4 is 56.3 Å². The molecule has 0 aliphatic rings. The second-order valence-corrected chi connectivity index (χ2v) is 12.9. The molecule has 9 aromatic rings. The third kappa shape index (κ3) is 4.78. The van der Waals surface area contributed by atoms with Gasteiger partial charge in [0.25, 0.3) is 0 Å². The number of fused-ring (bicyclic) bond motifs is 6. The molecule has 0 aliphatic carbocycles. The molecule has 0 aliphatic heterocycles. The van der Waals surface area contributed by atoms with Gasteiger partial charge in [-0.15, -0.1) is 0 Å². The summed E-state index contributed by atoms with van der Waals surface area (Å²) >= 11 is 0. The first-order chi connectivity index (χ1) is 23.9. The van der Waals surface area contributed by atoms with Crippen molar-refractivity contribution in [1.29, 1.82) is 0 Å². The van der Waals surface area contributed by atoms with Crippen LogP contribution in [0.3, 0.4) is 0 Å². The van der Waals surface area contributed by atoms with Gasteiger partial charge in [0, 0.05) is 27.2 Å². The Morgan fingerprint density at radius 2 is 1.08 bits per heavy atom.